The van der Waals surface area contributed by atoms with E-state index in [1.54, 1.807) is 0 Å². The molecule has 1 unspecified atom stereocenters. The van der Waals surface area contributed by atoms with Gasteiger partial charge in [-0.15, -0.1) is 0 Å². The molecule has 0 aliphatic carbocycles. The lowest BCUT2D eigenvalue weighted by atomic mass is 10.2. The molecule has 0 radical (unpaired) electrons. The molecule has 60 valence electrons. The predicted molar refractivity (Wildman–Crippen MR) is 40.1 cm³/mol. The van der Waals surface area contributed by atoms with Crippen molar-refractivity contribution in [2.24, 2.45) is 0 Å². The van der Waals surface area contributed by atoms with Gasteiger partial charge in [0.05, 0.1) is 19.3 Å². The van der Waals surface area contributed by atoms with Crippen molar-refractivity contribution in [2.75, 3.05) is 13.2 Å². The van der Waals surface area contributed by atoms with E-state index in [1.807, 2.05) is 0 Å². The molecule has 0 saturated carbocycles. The quantitative estimate of drug-likeness (QED) is 0.546. The summed E-state index contributed by atoms with van der Waals surface area (Å²) in [5.41, 5.74) is 0. The molecule has 1 aliphatic rings. The molecular formula is C8H16O2. The Morgan fingerprint density at radius 2 is 2.10 bits per heavy atom. The van der Waals surface area contributed by atoms with Crippen LogP contribution in [0.25, 0.3) is 0 Å². The van der Waals surface area contributed by atoms with Crippen LogP contribution in [0.3, 0.4) is 0 Å². The van der Waals surface area contributed by atoms with Crippen LogP contribution in [-0.4, -0.2) is 25.4 Å². The van der Waals surface area contributed by atoms with Crippen LogP contribution in [0.4, 0.5) is 0 Å². The van der Waals surface area contributed by atoms with Crippen molar-refractivity contribution in [3.63, 3.8) is 0 Å². The summed E-state index contributed by atoms with van der Waals surface area (Å²) in [6.07, 6.45) is 3.09. The highest BCUT2D eigenvalue weighted by Crippen LogP contribution is 2.11. The maximum atomic E-state index is 5.54. The minimum atomic E-state index is 0.417. The Kier molecular flexibility index (Phi) is 3.16. The van der Waals surface area contributed by atoms with Crippen molar-refractivity contribution < 1.29 is 9.47 Å². The average molecular weight is 144 g/mol. The first-order valence-corrected chi connectivity index (χ1v) is 4.10. The lowest BCUT2D eigenvalue weighted by molar-refractivity contribution is 0.0381. The topological polar surface area (TPSA) is 21.8 Å². The molecule has 1 rings (SSSR count). The summed E-state index contributed by atoms with van der Waals surface area (Å²) < 4.78 is 10.6. The lowest BCUT2D eigenvalue weighted by Crippen LogP contribution is -2.13. The van der Waals surface area contributed by atoms with Crippen LogP contribution in [0.2, 0.25) is 0 Å². The molecule has 0 bridgehead atoms. The molecule has 1 saturated heterocycles. The molecule has 0 aromatic rings. The fraction of sp³-hybridized carbons (Fsp3) is 1.00. The number of epoxide rings is 1. The van der Waals surface area contributed by atoms with Gasteiger partial charge in [-0.05, 0) is 12.8 Å². The summed E-state index contributed by atoms with van der Waals surface area (Å²) in [6, 6.07) is 0. The second-order valence-electron chi connectivity index (χ2n) is 2.73. The van der Waals surface area contributed by atoms with E-state index in [1.165, 1.54) is 0 Å². The molecule has 0 spiro atoms. The van der Waals surface area contributed by atoms with Gasteiger partial charge in [0, 0.05) is 0 Å². The zero-order valence-corrected chi connectivity index (χ0v) is 6.80. The van der Waals surface area contributed by atoms with Gasteiger partial charge in [-0.2, -0.15) is 0 Å². The smallest absolute Gasteiger partial charge is 0.104 e. The van der Waals surface area contributed by atoms with Gasteiger partial charge in [0.1, 0.15) is 6.10 Å². The minimum absolute atomic E-state index is 0.417. The molecule has 0 amide bonds. The van der Waals surface area contributed by atoms with Crippen molar-refractivity contribution in [1.82, 2.24) is 0 Å². The van der Waals surface area contributed by atoms with E-state index in [0.29, 0.717) is 12.2 Å². The van der Waals surface area contributed by atoms with Crippen molar-refractivity contribution in [2.45, 2.75) is 38.9 Å². The van der Waals surface area contributed by atoms with E-state index >= 15 is 0 Å². The number of hydrogen-bond donors (Lipinski definition) is 0. The molecule has 0 N–H and O–H groups in total. The SMILES string of the molecule is CCC(CC)OCC1CO1. The molecule has 10 heavy (non-hydrogen) atoms. The third-order valence-electron chi connectivity index (χ3n) is 1.83. The predicted octanol–water partition coefficient (Wildman–Crippen LogP) is 1.59. The highest BCUT2D eigenvalue weighted by molar-refractivity contribution is 4.68. The Bertz CT molecular complexity index is 85.3. The highest BCUT2D eigenvalue weighted by atomic mass is 16.6. The average Bonchev–Trinajstić information content (AvgIpc) is 2.74. The third-order valence-corrected chi connectivity index (χ3v) is 1.83. The second-order valence-corrected chi connectivity index (χ2v) is 2.73. The monoisotopic (exact) mass is 144 g/mol. The van der Waals surface area contributed by atoms with Crippen LogP contribution in [0.15, 0.2) is 0 Å². The Morgan fingerprint density at radius 3 is 2.50 bits per heavy atom. The first kappa shape index (κ1) is 8.02. The molecular weight excluding hydrogens is 128 g/mol. The molecule has 1 fully saturated rings. The van der Waals surface area contributed by atoms with Gasteiger partial charge in [0.15, 0.2) is 0 Å². The highest BCUT2D eigenvalue weighted by Gasteiger charge is 2.23. The van der Waals surface area contributed by atoms with Gasteiger partial charge < -0.3 is 9.47 Å². The molecule has 2 nitrogen and oxygen atoms in total. The normalized spacial score (nSPS) is 23.7. The standard InChI is InChI=1S/C8H16O2/c1-3-7(4-2)9-5-8-6-10-8/h7-8H,3-6H2,1-2H3. The summed E-state index contributed by atoms with van der Waals surface area (Å²) in [6.45, 7) is 6.01. The fourth-order valence-electron chi connectivity index (χ4n) is 0.932. The third kappa shape index (κ3) is 2.67. The molecule has 1 atom stereocenters. The van der Waals surface area contributed by atoms with Crippen LogP contribution in [0, 0.1) is 0 Å². The van der Waals surface area contributed by atoms with Gasteiger partial charge in [0.25, 0.3) is 0 Å². The van der Waals surface area contributed by atoms with E-state index in [-0.39, 0.29) is 0 Å². The summed E-state index contributed by atoms with van der Waals surface area (Å²) in [5, 5.41) is 0. The Morgan fingerprint density at radius 1 is 1.50 bits per heavy atom. The van der Waals surface area contributed by atoms with E-state index in [9.17, 15) is 0 Å². The van der Waals surface area contributed by atoms with Gasteiger partial charge in [-0.3, -0.25) is 0 Å². The van der Waals surface area contributed by atoms with Crippen LogP contribution >= 0.6 is 0 Å². The van der Waals surface area contributed by atoms with Crippen molar-refractivity contribution in [3.8, 4) is 0 Å². The zero-order chi connectivity index (χ0) is 7.40. The molecule has 1 heterocycles. The van der Waals surface area contributed by atoms with Gasteiger partial charge >= 0.3 is 0 Å². The van der Waals surface area contributed by atoms with Crippen molar-refractivity contribution >= 4 is 0 Å². The van der Waals surface area contributed by atoms with E-state index < -0.39 is 0 Å². The Balaban J connectivity index is 1.97. The maximum absolute atomic E-state index is 5.54. The largest absolute Gasteiger partial charge is 0.375 e. The fourth-order valence-corrected chi connectivity index (χ4v) is 0.932. The zero-order valence-electron chi connectivity index (χ0n) is 6.80. The minimum Gasteiger partial charge on any atom is -0.375 e. The lowest BCUT2D eigenvalue weighted by Gasteiger charge is -2.11. The van der Waals surface area contributed by atoms with Crippen LogP contribution in [0.1, 0.15) is 26.7 Å². The van der Waals surface area contributed by atoms with Crippen molar-refractivity contribution in [3.05, 3.63) is 0 Å². The van der Waals surface area contributed by atoms with Gasteiger partial charge in [-0.25, -0.2) is 0 Å². The van der Waals surface area contributed by atoms with Gasteiger partial charge in [0.2, 0.25) is 0 Å². The summed E-state index contributed by atoms with van der Waals surface area (Å²) in [7, 11) is 0. The molecule has 0 aromatic heterocycles. The summed E-state index contributed by atoms with van der Waals surface area (Å²) in [4.78, 5) is 0. The number of rotatable bonds is 5. The van der Waals surface area contributed by atoms with E-state index in [2.05, 4.69) is 13.8 Å². The summed E-state index contributed by atoms with van der Waals surface area (Å²) in [5.74, 6) is 0. The molecule has 1 aliphatic heterocycles. The van der Waals surface area contributed by atoms with Crippen molar-refractivity contribution in [1.29, 1.82) is 0 Å². The Hall–Kier alpha value is -0.0800. The van der Waals surface area contributed by atoms with Crippen LogP contribution in [0.5, 0.6) is 0 Å². The van der Waals surface area contributed by atoms with E-state index in [4.69, 9.17) is 9.47 Å². The second kappa shape index (κ2) is 3.94. The van der Waals surface area contributed by atoms with E-state index in [0.717, 1.165) is 26.1 Å². The number of hydrogen-bond acceptors (Lipinski definition) is 2. The Labute approximate surface area is 62.5 Å². The van der Waals surface area contributed by atoms with Crippen LogP contribution in [-0.2, 0) is 9.47 Å². The molecule has 0 aromatic carbocycles. The maximum Gasteiger partial charge on any atom is 0.104 e. The summed E-state index contributed by atoms with van der Waals surface area (Å²) >= 11 is 0. The van der Waals surface area contributed by atoms with Crippen LogP contribution < -0.4 is 0 Å². The first-order chi connectivity index (χ1) is 4.86. The number of ether oxygens (including phenoxy) is 2. The first-order valence-electron chi connectivity index (χ1n) is 4.10. The molecule has 2 heteroatoms. The van der Waals surface area contributed by atoms with Gasteiger partial charge in [-0.1, -0.05) is 13.8 Å².